The highest BCUT2D eigenvalue weighted by Gasteiger charge is 2.29. The second kappa shape index (κ2) is 7.49. The lowest BCUT2D eigenvalue weighted by Gasteiger charge is -2.31. The molecule has 2 aliphatic rings. The van der Waals surface area contributed by atoms with Crippen LogP contribution in [-0.4, -0.2) is 37.1 Å². The summed E-state index contributed by atoms with van der Waals surface area (Å²) in [5.74, 6) is 1.01. The van der Waals surface area contributed by atoms with Crippen molar-refractivity contribution in [2.45, 2.75) is 76.8 Å². The maximum atomic E-state index is 3.76. The third-order valence-electron chi connectivity index (χ3n) is 4.92. The van der Waals surface area contributed by atoms with Crippen molar-refractivity contribution in [1.82, 2.24) is 10.2 Å². The van der Waals surface area contributed by atoms with Crippen molar-refractivity contribution >= 4 is 0 Å². The summed E-state index contributed by atoms with van der Waals surface area (Å²) in [5, 5.41) is 3.76. The maximum Gasteiger partial charge on any atom is 0.00927 e. The molecular weight excluding hydrogens is 220 g/mol. The quantitative estimate of drug-likeness (QED) is 0.666. The molecule has 2 rings (SSSR count). The second-order valence-corrected chi connectivity index (χ2v) is 6.43. The molecule has 1 N–H and O–H groups in total. The Morgan fingerprint density at radius 3 is 2.44 bits per heavy atom. The molecule has 1 atom stereocenters. The molecule has 0 heterocycles. The molecule has 2 fully saturated rings. The molecule has 18 heavy (non-hydrogen) atoms. The second-order valence-electron chi connectivity index (χ2n) is 6.43. The molecule has 2 saturated carbocycles. The SMILES string of the molecule is CCC(NCCCN(C)C1CCCCC1)C1CC1. The Kier molecular flexibility index (Phi) is 5.97. The number of hydrogen-bond donors (Lipinski definition) is 1. The van der Waals surface area contributed by atoms with Gasteiger partial charge in [-0.25, -0.2) is 0 Å². The van der Waals surface area contributed by atoms with Gasteiger partial charge in [-0.2, -0.15) is 0 Å². The largest absolute Gasteiger partial charge is 0.314 e. The average molecular weight is 252 g/mol. The molecule has 0 amide bonds. The first-order valence-electron chi connectivity index (χ1n) is 8.25. The number of hydrogen-bond acceptors (Lipinski definition) is 2. The zero-order valence-corrected chi connectivity index (χ0v) is 12.5. The van der Waals surface area contributed by atoms with Crippen LogP contribution in [0.25, 0.3) is 0 Å². The molecule has 0 aromatic carbocycles. The van der Waals surface area contributed by atoms with Gasteiger partial charge >= 0.3 is 0 Å². The van der Waals surface area contributed by atoms with Crippen LogP contribution in [0.3, 0.4) is 0 Å². The smallest absolute Gasteiger partial charge is 0.00927 e. The van der Waals surface area contributed by atoms with Gasteiger partial charge in [0, 0.05) is 12.1 Å². The lowest BCUT2D eigenvalue weighted by atomic mass is 9.94. The summed E-state index contributed by atoms with van der Waals surface area (Å²) in [5.41, 5.74) is 0. The normalized spacial score (nSPS) is 23.5. The summed E-state index contributed by atoms with van der Waals surface area (Å²) in [7, 11) is 2.33. The minimum absolute atomic E-state index is 0.810. The summed E-state index contributed by atoms with van der Waals surface area (Å²) in [6, 6.07) is 1.69. The van der Waals surface area contributed by atoms with E-state index in [1.165, 1.54) is 70.9 Å². The van der Waals surface area contributed by atoms with Gasteiger partial charge in [-0.15, -0.1) is 0 Å². The van der Waals surface area contributed by atoms with Gasteiger partial charge in [0.05, 0.1) is 0 Å². The molecule has 0 spiro atoms. The number of rotatable bonds is 8. The molecule has 2 nitrogen and oxygen atoms in total. The van der Waals surface area contributed by atoms with Gasteiger partial charge in [0.25, 0.3) is 0 Å². The fourth-order valence-electron chi connectivity index (χ4n) is 3.46. The highest BCUT2D eigenvalue weighted by Crippen LogP contribution is 2.33. The Bertz CT molecular complexity index is 219. The summed E-state index contributed by atoms with van der Waals surface area (Å²) in [4.78, 5) is 2.61. The lowest BCUT2D eigenvalue weighted by Crippen LogP contribution is -2.37. The minimum Gasteiger partial charge on any atom is -0.314 e. The standard InChI is InChI=1S/C16H32N2/c1-3-16(14-10-11-14)17-12-7-13-18(2)15-8-5-4-6-9-15/h14-17H,3-13H2,1-2H3. The first kappa shape index (κ1) is 14.3. The molecule has 0 aromatic heterocycles. The van der Waals surface area contributed by atoms with E-state index in [9.17, 15) is 0 Å². The Hall–Kier alpha value is -0.0800. The van der Waals surface area contributed by atoms with Crippen LogP contribution in [-0.2, 0) is 0 Å². The van der Waals surface area contributed by atoms with E-state index in [-0.39, 0.29) is 0 Å². The van der Waals surface area contributed by atoms with Gasteiger partial charge in [0.2, 0.25) is 0 Å². The molecule has 2 aliphatic carbocycles. The van der Waals surface area contributed by atoms with Crippen molar-refractivity contribution in [1.29, 1.82) is 0 Å². The Labute approximate surface area is 114 Å². The van der Waals surface area contributed by atoms with E-state index in [4.69, 9.17) is 0 Å². The molecule has 0 aromatic rings. The van der Waals surface area contributed by atoms with Crippen LogP contribution in [0.5, 0.6) is 0 Å². The Balaban J connectivity index is 1.53. The molecule has 0 radical (unpaired) electrons. The van der Waals surface area contributed by atoms with Gasteiger partial charge in [-0.1, -0.05) is 26.2 Å². The summed E-state index contributed by atoms with van der Waals surface area (Å²) in [6.07, 6.45) is 12.8. The predicted octanol–water partition coefficient (Wildman–Crippen LogP) is 3.42. The fraction of sp³-hybridized carbons (Fsp3) is 1.00. The van der Waals surface area contributed by atoms with E-state index < -0.39 is 0 Å². The van der Waals surface area contributed by atoms with Gasteiger partial charge in [0.15, 0.2) is 0 Å². The zero-order chi connectivity index (χ0) is 12.8. The summed E-state index contributed by atoms with van der Waals surface area (Å²) in [6.45, 7) is 4.81. The first-order chi connectivity index (χ1) is 8.81. The van der Waals surface area contributed by atoms with E-state index in [0.717, 1.165) is 18.0 Å². The van der Waals surface area contributed by atoms with Gasteiger partial charge in [0.1, 0.15) is 0 Å². The molecule has 1 unspecified atom stereocenters. The van der Waals surface area contributed by atoms with Crippen molar-refractivity contribution in [2.24, 2.45) is 5.92 Å². The maximum absolute atomic E-state index is 3.76. The van der Waals surface area contributed by atoms with Crippen LogP contribution in [0.15, 0.2) is 0 Å². The molecule has 0 aliphatic heterocycles. The van der Waals surface area contributed by atoms with Crippen molar-refractivity contribution in [3.63, 3.8) is 0 Å². The van der Waals surface area contributed by atoms with E-state index in [2.05, 4.69) is 24.2 Å². The number of nitrogens with one attached hydrogen (secondary N) is 1. The predicted molar refractivity (Wildman–Crippen MR) is 78.9 cm³/mol. The zero-order valence-electron chi connectivity index (χ0n) is 12.5. The third-order valence-corrected chi connectivity index (χ3v) is 4.92. The van der Waals surface area contributed by atoms with Crippen molar-refractivity contribution in [3.05, 3.63) is 0 Å². The van der Waals surface area contributed by atoms with Crippen LogP contribution in [0, 0.1) is 5.92 Å². The van der Waals surface area contributed by atoms with E-state index in [1.54, 1.807) is 0 Å². The highest BCUT2D eigenvalue weighted by molar-refractivity contribution is 4.85. The molecule has 2 heteroatoms. The van der Waals surface area contributed by atoms with Crippen molar-refractivity contribution < 1.29 is 0 Å². The summed E-state index contributed by atoms with van der Waals surface area (Å²) < 4.78 is 0. The summed E-state index contributed by atoms with van der Waals surface area (Å²) >= 11 is 0. The van der Waals surface area contributed by atoms with Gasteiger partial charge in [-0.05, 0) is 64.6 Å². The van der Waals surface area contributed by atoms with Crippen molar-refractivity contribution in [3.8, 4) is 0 Å². The highest BCUT2D eigenvalue weighted by atomic mass is 15.1. The van der Waals surface area contributed by atoms with E-state index in [1.807, 2.05) is 0 Å². The minimum atomic E-state index is 0.810. The van der Waals surface area contributed by atoms with Gasteiger partial charge in [-0.3, -0.25) is 0 Å². The first-order valence-corrected chi connectivity index (χ1v) is 8.25. The fourth-order valence-corrected chi connectivity index (χ4v) is 3.46. The molecule has 0 bridgehead atoms. The van der Waals surface area contributed by atoms with E-state index >= 15 is 0 Å². The van der Waals surface area contributed by atoms with Crippen molar-refractivity contribution in [2.75, 3.05) is 20.1 Å². The molecular formula is C16H32N2. The van der Waals surface area contributed by atoms with Crippen LogP contribution in [0.1, 0.15) is 64.7 Å². The monoisotopic (exact) mass is 252 g/mol. The van der Waals surface area contributed by atoms with Crippen LogP contribution >= 0.6 is 0 Å². The number of nitrogens with zero attached hydrogens (tertiary/aromatic N) is 1. The average Bonchev–Trinajstić information content (AvgIpc) is 3.24. The van der Waals surface area contributed by atoms with Crippen LogP contribution in [0.4, 0.5) is 0 Å². The molecule has 106 valence electrons. The Morgan fingerprint density at radius 1 is 1.11 bits per heavy atom. The van der Waals surface area contributed by atoms with Crippen LogP contribution < -0.4 is 5.32 Å². The lowest BCUT2D eigenvalue weighted by molar-refractivity contribution is 0.188. The Morgan fingerprint density at radius 2 is 1.83 bits per heavy atom. The third kappa shape index (κ3) is 4.55. The molecule has 0 saturated heterocycles. The topological polar surface area (TPSA) is 15.3 Å². The van der Waals surface area contributed by atoms with E-state index in [0.29, 0.717) is 0 Å². The van der Waals surface area contributed by atoms with Gasteiger partial charge < -0.3 is 10.2 Å². The van der Waals surface area contributed by atoms with Crippen LogP contribution in [0.2, 0.25) is 0 Å².